The Morgan fingerprint density at radius 1 is 0.941 bits per heavy atom. The average molecular weight is 240 g/mol. The molecule has 1 aromatic carbocycles. The average Bonchev–Trinajstić information content (AvgIpc) is 2.34. The predicted molar refractivity (Wildman–Crippen MR) is 68.6 cm³/mol. The van der Waals surface area contributed by atoms with Crippen LogP contribution in [0.25, 0.3) is 0 Å². The van der Waals surface area contributed by atoms with E-state index in [0.29, 0.717) is 5.92 Å². The Morgan fingerprint density at radius 3 is 2.06 bits per heavy atom. The second-order valence-electron chi connectivity index (χ2n) is 4.72. The fourth-order valence-electron chi connectivity index (χ4n) is 2.01. The molecular weight excluding hydrogens is 218 g/mol. The smallest absolute Gasteiger partial charge is 0.205 e. The van der Waals surface area contributed by atoms with Gasteiger partial charge in [0.25, 0.3) is 6.43 Å². The van der Waals surface area contributed by atoms with Crippen molar-refractivity contribution >= 4 is 0 Å². The van der Waals surface area contributed by atoms with E-state index < -0.39 is 6.43 Å². The molecule has 2 heteroatoms. The van der Waals surface area contributed by atoms with Crippen molar-refractivity contribution in [1.82, 2.24) is 0 Å². The standard InChI is InChI=1S/C15H22F2/c1-3-4-5-6-7-12(2)13-8-10-14(11-9-13)15(16)17/h8-12,15H,3-7H2,1-2H3. The van der Waals surface area contributed by atoms with E-state index in [2.05, 4.69) is 13.8 Å². The maximum Gasteiger partial charge on any atom is 0.263 e. The molecule has 1 rings (SSSR count). The molecule has 0 spiro atoms. The van der Waals surface area contributed by atoms with E-state index in [1.54, 1.807) is 12.1 Å². The number of rotatable bonds is 7. The van der Waals surface area contributed by atoms with Gasteiger partial charge >= 0.3 is 0 Å². The van der Waals surface area contributed by atoms with Crippen molar-refractivity contribution in [2.75, 3.05) is 0 Å². The highest BCUT2D eigenvalue weighted by Crippen LogP contribution is 2.25. The van der Waals surface area contributed by atoms with Crippen LogP contribution in [0, 0.1) is 0 Å². The molecule has 0 fully saturated rings. The van der Waals surface area contributed by atoms with Gasteiger partial charge in [-0.15, -0.1) is 0 Å². The quantitative estimate of drug-likeness (QED) is 0.536. The monoisotopic (exact) mass is 240 g/mol. The van der Waals surface area contributed by atoms with Gasteiger partial charge < -0.3 is 0 Å². The minimum atomic E-state index is -2.36. The van der Waals surface area contributed by atoms with Crippen LogP contribution in [-0.4, -0.2) is 0 Å². The Labute approximate surface area is 103 Å². The van der Waals surface area contributed by atoms with E-state index in [4.69, 9.17) is 0 Å². The van der Waals surface area contributed by atoms with Crippen molar-refractivity contribution in [1.29, 1.82) is 0 Å². The molecule has 0 amide bonds. The highest BCUT2D eigenvalue weighted by molar-refractivity contribution is 5.25. The molecule has 1 atom stereocenters. The lowest BCUT2D eigenvalue weighted by Crippen LogP contribution is -1.94. The second-order valence-corrected chi connectivity index (χ2v) is 4.72. The zero-order valence-electron chi connectivity index (χ0n) is 10.8. The fraction of sp³-hybridized carbons (Fsp3) is 0.600. The first-order valence-corrected chi connectivity index (χ1v) is 6.53. The van der Waals surface area contributed by atoms with Crippen molar-refractivity contribution in [2.45, 2.75) is 58.3 Å². The lowest BCUT2D eigenvalue weighted by Gasteiger charge is -2.12. The summed E-state index contributed by atoms with van der Waals surface area (Å²) in [5.74, 6) is 0.471. The van der Waals surface area contributed by atoms with E-state index >= 15 is 0 Å². The van der Waals surface area contributed by atoms with Crippen LogP contribution in [-0.2, 0) is 0 Å². The number of hydrogen-bond donors (Lipinski definition) is 0. The van der Waals surface area contributed by atoms with Gasteiger partial charge in [0.2, 0.25) is 0 Å². The number of alkyl halides is 2. The van der Waals surface area contributed by atoms with Crippen LogP contribution < -0.4 is 0 Å². The maximum atomic E-state index is 12.4. The molecule has 0 aliphatic carbocycles. The van der Waals surface area contributed by atoms with Crippen LogP contribution in [0.5, 0.6) is 0 Å². The highest BCUT2D eigenvalue weighted by atomic mass is 19.3. The molecular formula is C15H22F2. The molecule has 1 unspecified atom stereocenters. The van der Waals surface area contributed by atoms with Gasteiger partial charge in [-0.25, -0.2) is 8.78 Å². The number of unbranched alkanes of at least 4 members (excludes halogenated alkanes) is 3. The third kappa shape index (κ3) is 4.84. The minimum absolute atomic E-state index is 0.118. The molecule has 0 bridgehead atoms. The summed E-state index contributed by atoms with van der Waals surface area (Å²) in [6, 6.07) is 6.77. The van der Waals surface area contributed by atoms with Gasteiger partial charge in [-0.2, -0.15) is 0 Å². The van der Waals surface area contributed by atoms with Crippen LogP contribution in [0.4, 0.5) is 8.78 Å². The SMILES string of the molecule is CCCCCCC(C)c1ccc(C(F)F)cc1. The normalized spacial score (nSPS) is 13.0. The minimum Gasteiger partial charge on any atom is -0.205 e. The van der Waals surface area contributed by atoms with E-state index in [9.17, 15) is 8.78 Å². The molecule has 0 saturated carbocycles. The zero-order valence-corrected chi connectivity index (χ0v) is 10.8. The summed E-state index contributed by atoms with van der Waals surface area (Å²) in [6.45, 7) is 4.37. The van der Waals surface area contributed by atoms with Crippen molar-refractivity contribution in [3.05, 3.63) is 35.4 Å². The summed E-state index contributed by atoms with van der Waals surface area (Å²) < 4.78 is 24.8. The third-order valence-corrected chi connectivity index (χ3v) is 3.25. The highest BCUT2D eigenvalue weighted by Gasteiger charge is 2.09. The van der Waals surface area contributed by atoms with E-state index in [-0.39, 0.29) is 5.56 Å². The van der Waals surface area contributed by atoms with Gasteiger partial charge in [-0.1, -0.05) is 63.8 Å². The van der Waals surface area contributed by atoms with Gasteiger partial charge in [0.15, 0.2) is 0 Å². The fourth-order valence-corrected chi connectivity index (χ4v) is 2.01. The Bertz CT molecular complexity index is 303. The van der Waals surface area contributed by atoms with Crippen molar-refractivity contribution in [2.24, 2.45) is 0 Å². The van der Waals surface area contributed by atoms with Crippen LogP contribution in [0.2, 0.25) is 0 Å². The first-order chi connectivity index (χ1) is 8.15. The Balaban J connectivity index is 2.43. The Hall–Kier alpha value is -0.920. The van der Waals surface area contributed by atoms with Crippen molar-refractivity contribution in [3.63, 3.8) is 0 Å². The number of benzene rings is 1. The molecule has 0 aliphatic rings. The van der Waals surface area contributed by atoms with E-state index in [0.717, 1.165) is 6.42 Å². The van der Waals surface area contributed by atoms with Crippen molar-refractivity contribution < 1.29 is 8.78 Å². The van der Waals surface area contributed by atoms with E-state index in [1.165, 1.54) is 31.2 Å². The van der Waals surface area contributed by atoms with Gasteiger partial charge in [-0.3, -0.25) is 0 Å². The summed E-state index contributed by atoms with van der Waals surface area (Å²) in [6.07, 6.45) is 3.83. The summed E-state index contributed by atoms with van der Waals surface area (Å²) in [5.41, 5.74) is 1.29. The van der Waals surface area contributed by atoms with Crippen LogP contribution in [0.3, 0.4) is 0 Å². The van der Waals surface area contributed by atoms with Gasteiger partial charge in [0, 0.05) is 5.56 Å². The second kappa shape index (κ2) is 7.41. The number of hydrogen-bond acceptors (Lipinski definition) is 0. The molecule has 17 heavy (non-hydrogen) atoms. The topological polar surface area (TPSA) is 0 Å². The molecule has 0 N–H and O–H groups in total. The summed E-state index contributed by atoms with van der Waals surface area (Å²) >= 11 is 0. The Kier molecular flexibility index (Phi) is 6.17. The summed E-state index contributed by atoms with van der Waals surface area (Å²) in [5, 5.41) is 0. The zero-order chi connectivity index (χ0) is 12.7. The maximum absolute atomic E-state index is 12.4. The largest absolute Gasteiger partial charge is 0.263 e. The molecule has 0 radical (unpaired) electrons. The molecule has 96 valence electrons. The van der Waals surface area contributed by atoms with Gasteiger partial charge in [0.1, 0.15) is 0 Å². The lowest BCUT2D eigenvalue weighted by atomic mass is 9.94. The van der Waals surface area contributed by atoms with Crippen LogP contribution >= 0.6 is 0 Å². The van der Waals surface area contributed by atoms with Crippen LogP contribution in [0.1, 0.15) is 69.4 Å². The molecule has 0 aliphatic heterocycles. The van der Waals surface area contributed by atoms with Crippen molar-refractivity contribution in [3.8, 4) is 0 Å². The third-order valence-electron chi connectivity index (χ3n) is 3.25. The summed E-state index contributed by atoms with van der Waals surface area (Å²) in [7, 11) is 0. The first-order valence-electron chi connectivity index (χ1n) is 6.53. The van der Waals surface area contributed by atoms with Gasteiger partial charge in [-0.05, 0) is 17.9 Å². The molecule has 0 nitrogen and oxygen atoms in total. The van der Waals surface area contributed by atoms with Gasteiger partial charge in [0.05, 0.1) is 0 Å². The predicted octanol–water partition coefficient (Wildman–Crippen LogP) is 5.70. The Morgan fingerprint density at radius 2 is 1.53 bits per heavy atom. The molecule has 0 aromatic heterocycles. The summed E-state index contributed by atoms with van der Waals surface area (Å²) in [4.78, 5) is 0. The van der Waals surface area contributed by atoms with Crippen LogP contribution in [0.15, 0.2) is 24.3 Å². The molecule has 1 aromatic rings. The number of halogens is 2. The van der Waals surface area contributed by atoms with E-state index in [1.807, 2.05) is 12.1 Å². The molecule has 0 saturated heterocycles. The first kappa shape index (κ1) is 14.1. The lowest BCUT2D eigenvalue weighted by molar-refractivity contribution is 0.151. The molecule has 0 heterocycles.